The summed E-state index contributed by atoms with van der Waals surface area (Å²) >= 11 is 0. The van der Waals surface area contributed by atoms with Crippen molar-refractivity contribution in [3.8, 4) is 5.75 Å². The summed E-state index contributed by atoms with van der Waals surface area (Å²) in [4.78, 5) is 2.49. The molecule has 2 rings (SSSR count). The number of nitrogens with two attached hydrogens (primary N) is 1. The average molecular weight is 278 g/mol. The number of ether oxygens (including phenoxy) is 2. The Morgan fingerprint density at radius 3 is 2.70 bits per heavy atom. The van der Waals surface area contributed by atoms with Crippen LogP contribution in [-0.4, -0.2) is 43.9 Å². The first-order valence-corrected chi connectivity index (χ1v) is 7.61. The highest BCUT2D eigenvalue weighted by Gasteiger charge is 2.18. The van der Waals surface area contributed by atoms with E-state index in [9.17, 15) is 0 Å². The van der Waals surface area contributed by atoms with E-state index >= 15 is 0 Å². The highest BCUT2D eigenvalue weighted by Crippen LogP contribution is 2.20. The van der Waals surface area contributed by atoms with Crippen molar-refractivity contribution in [3.05, 3.63) is 24.3 Å². The summed E-state index contributed by atoms with van der Waals surface area (Å²) in [6, 6.07) is 7.66. The summed E-state index contributed by atoms with van der Waals surface area (Å²) in [7, 11) is 0. The van der Waals surface area contributed by atoms with Gasteiger partial charge in [0.1, 0.15) is 5.75 Å². The van der Waals surface area contributed by atoms with E-state index in [1.165, 1.54) is 0 Å². The van der Waals surface area contributed by atoms with Crippen LogP contribution in [0.2, 0.25) is 0 Å². The molecule has 4 nitrogen and oxygen atoms in total. The number of benzene rings is 1. The van der Waals surface area contributed by atoms with Crippen LogP contribution in [0.15, 0.2) is 24.3 Å². The summed E-state index contributed by atoms with van der Waals surface area (Å²) in [6.07, 6.45) is 3.81. The normalized spacial score (nSPS) is 17.2. The Morgan fingerprint density at radius 2 is 2.00 bits per heavy atom. The third-order valence-corrected chi connectivity index (χ3v) is 3.73. The number of para-hydroxylation sites is 2. The maximum atomic E-state index is 5.84. The van der Waals surface area contributed by atoms with E-state index in [-0.39, 0.29) is 0 Å². The van der Waals surface area contributed by atoms with Crippen LogP contribution in [0, 0.1) is 0 Å². The van der Waals surface area contributed by atoms with Crippen LogP contribution >= 0.6 is 0 Å². The minimum Gasteiger partial charge on any atom is -0.491 e. The summed E-state index contributed by atoms with van der Waals surface area (Å²) in [6.45, 7) is 6.98. The largest absolute Gasteiger partial charge is 0.491 e. The van der Waals surface area contributed by atoms with Crippen LogP contribution < -0.4 is 10.5 Å². The fourth-order valence-corrected chi connectivity index (χ4v) is 2.62. The van der Waals surface area contributed by atoms with E-state index in [0.29, 0.717) is 11.8 Å². The molecule has 0 saturated carbocycles. The lowest BCUT2D eigenvalue weighted by atomic mass is 10.1. The molecule has 0 aromatic heterocycles. The van der Waals surface area contributed by atoms with Gasteiger partial charge in [0.25, 0.3) is 0 Å². The quantitative estimate of drug-likeness (QED) is 0.615. The molecule has 1 aromatic rings. The average Bonchev–Trinajstić information content (AvgIpc) is 2.47. The predicted molar refractivity (Wildman–Crippen MR) is 82.1 cm³/mol. The molecule has 1 saturated heterocycles. The second-order valence-electron chi connectivity index (χ2n) is 5.24. The zero-order chi connectivity index (χ0) is 14.2. The van der Waals surface area contributed by atoms with E-state index in [0.717, 1.165) is 57.9 Å². The Kier molecular flexibility index (Phi) is 6.15. The van der Waals surface area contributed by atoms with Crippen LogP contribution in [0.1, 0.15) is 26.2 Å². The Hall–Kier alpha value is -1.26. The van der Waals surface area contributed by atoms with Crippen molar-refractivity contribution in [2.45, 2.75) is 32.3 Å². The molecule has 0 radical (unpaired) electrons. The standard InChI is InChI=1S/C16H26N2O2/c1-2-19-14-8-11-18(12-9-14)10-5-13-20-16-7-4-3-6-15(16)17/h3-4,6-7,14H,2,5,8-13,17H2,1H3. The highest BCUT2D eigenvalue weighted by atomic mass is 16.5. The van der Waals surface area contributed by atoms with Crippen molar-refractivity contribution in [2.75, 3.05) is 38.6 Å². The fraction of sp³-hybridized carbons (Fsp3) is 0.625. The van der Waals surface area contributed by atoms with Crippen molar-refractivity contribution >= 4 is 5.69 Å². The van der Waals surface area contributed by atoms with Crippen molar-refractivity contribution in [2.24, 2.45) is 0 Å². The van der Waals surface area contributed by atoms with Crippen molar-refractivity contribution in [3.63, 3.8) is 0 Å². The number of nitrogen functional groups attached to an aromatic ring is 1. The molecule has 1 aliphatic heterocycles. The molecule has 0 spiro atoms. The van der Waals surface area contributed by atoms with Gasteiger partial charge in [-0.15, -0.1) is 0 Å². The number of hydrogen-bond acceptors (Lipinski definition) is 4. The molecule has 112 valence electrons. The molecular formula is C16H26N2O2. The second-order valence-corrected chi connectivity index (χ2v) is 5.24. The van der Waals surface area contributed by atoms with Crippen LogP contribution in [0.4, 0.5) is 5.69 Å². The molecule has 20 heavy (non-hydrogen) atoms. The van der Waals surface area contributed by atoms with E-state index in [4.69, 9.17) is 15.2 Å². The molecule has 1 aliphatic rings. The number of anilines is 1. The van der Waals surface area contributed by atoms with Crippen molar-refractivity contribution in [1.29, 1.82) is 0 Å². The number of nitrogens with zero attached hydrogens (tertiary/aromatic N) is 1. The Labute approximate surface area is 121 Å². The van der Waals surface area contributed by atoms with E-state index < -0.39 is 0 Å². The van der Waals surface area contributed by atoms with Crippen LogP contribution in [0.3, 0.4) is 0 Å². The monoisotopic (exact) mass is 278 g/mol. The van der Waals surface area contributed by atoms with Gasteiger partial charge in [0.05, 0.1) is 18.4 Å². The SMILES string of the molecule is CCOC1CCN(CCCOc2ccccc2N)CC1. The molecule has 0 atom stereocenters. The Bertz CT molecular complexity index is 390. The van der Waals surface area contributed by atoms with Crippen molar-refractivity contribution < 1.29 is 9.47 Å². The van der Waals surface area contributed by atoms with Gasteiger partial charge >= 0.3 is 0 Å². The molecule has 0 bridgehead atoms. The van der Waals surface area contributed by atoms with Gasteiger partial charge in [0.2, 0.25) is 0 Å². The topological polar surface area (TPSA) is 47.7 Å². The maximum Gasteiger partial charge on any atom is 0.142 e. The molecule has 2 N–H and O–H groups in total. The molecule has 4 heteroatoms. The smallest absolute Gasteiger partial charge is 0.142 e. The van der Waals surface area contributed by atoms with Gasteiger partial charge in [0, 0.05) is 26.2 Å². The molecule has 0 amide bonds. The van der Waals surface area contributed by atoms with Crippen molar-refractivity contribution in [1.82, 2.24) is 4.90 Å². The van der Waals surface area contributed by atoms with Gasteiger partial charge in [-0.25, -0.2) is 0 Å². The zero-order valence-electron chi connectivity index (χ0n) is 12.4. The second kappa shape index (κ2) is 8.12. The molecular weight excluding hydrogens is 252 g/mol. The molecule has 1 heterocycles. The highest BCUT2D eigenvalue weighted by molar-refractivity contribution is 5.51. The maximum absolute atomic E-state index is 5.84. The van der Waals surface area contributed by atoms with Gasteiger partial charge in [-0.2, -0.15) is 0 Å². The van der Waals surface area contributed by atoms with Crippen LogP contribution in [0.25, 0.3) is 0 Å². The molecule has 1 fully saturated rings. The van der Waals surface area contributed by atoms with Crippen LogP contribution in [0.5, 0.6) is 5.75 Å². The molecule has 1 aromatic carbocycles. The molecule has 0 aliphatic carbocycles. The lowest BCUT2D eigenvalue weighted by Crippen LogP contribution is -2.37. The Morgan fingerprint density at radius 1 is 1.25 bits per heavy atom. The zero-order valence-corrected chi connectivity index (χ0v) is 12.4. The third kappa shape index (κ3) is 4.69. The first-order chi connectivity index (χ1) is 9.79. The lowest BCUT2D eigenvalue weighted by Gasteiger charge is -2.31. The third-order valence-electron chi connectivity index (χ3n) is 3.73. The number of rotatable bonds is 7. The first kappa shape index (κ1) is 15.1. The lowest BCUT2D eigenvalue weighted by molar-refractivity contribution is 0.0135. The summed E-state index contributed by atoms with van der Waals surface area (Å²) in [5, 5.41) is 0. The predicted octanol–water partition coefficient (Wildman–Crippen LogP) is 2.54. The van der Waals surface area contributed by atoms with Gasteiger partial charge in [-0.1, -0.05) is 12.1 Å². The number of piperidine rings is 1. The summed E-state index contributed by atoms with van der Waals surface area (Å²) < 4.78 is 11.4. The minimum absolute atomic E-state index is 0.469. The minimum atomic E-state index is 0.469. The van der Waals surface area contributed by atoms with Gasteiger partial charge < -0.3 is 20.1 Å². The van der Waals surface area contributed by atoms with Gasteiger partial charge in [0.15, 0.2) is 0 Å². The number of likely N-dealkylation sites (tertiary alicyclic amines) is 1. The first-order valence-electron chi connectivity index (χ1n) is 7.61. The van der Waals surface area contributed by atoms with E-state index in [1.807, 2.05) is 24.3 Å². The van der Waals surface area contributed by atoms with Crippen LogP contribution in [-0.2, 0) is 4.74 Å². The fourth-order valence-electron chi connectivity index (χ4n) is 2.62. The van der Waals surface area contributed by atoms with Gasteiger partial charge in [-0.3, -0.25) is 0 Å². The van der Waals surface area contributed by atoms with E-state index in [1.54, 1.807) is 0 Å². The van der Waals surface area contributed by atoms with E-state index in [2.05, 4.69) is 11.8 Å². The summed E-state index contributed by atoms with van der Waals surface area (Å²) in [5.41, 5.74) is 6.55. The summed E-state index contributed by atoms with van der Waals surface area (Å²) in [5.74, 6) is 0.794. The van der Waals surface area contributed by atoms with Gasteiger partial charge in [-0.05, 0) is 38.3 Å². The molecule has 0 unspecified atom stereocenters. The number of hydrogen-bond donors (Lipinski definition) is 1. The Balaban J connectivity index is 1.59.